The molecule has 200 valence electrons. The summed E-state index contributed by atoms with van der Waals surface area (Å²) in [4.78, 5) is 33.0. The SMILES string of the molecule is CCn1c(N2CCN(CCO)CC2)c(/C=C2\SC(=S)N(Cc3ccc(OC)cc3)C2=O)c(C)c(C#N)c1=O. The van der Waals surface area contributed by atoms with E-state index in [1.54, 1.807) is 29.6 Å². The highest BCUT2D eigenvalue weighted by molar-refractivity contribution is 8.26. The number of nitriles is 1. The average molecular weight is 554 g/mol. The number of carbonyl (C=O) groups excluding carboxylic acids is 1. The molecule has 1 aromatic carbocycles. The van der Waals surface area contributed by atoms with E-state index >= 15 is 0 Å². The Balaban J connectivity index is 1.73. The van der Waals surface area contributed by atoms with Gasteiger partial charge in [-0.25, -0.2) is 0 Å². The van der Waals surface area contributed by atoms with Crippen molar-refractivity contribution < 1.29 is 14.6 Å². The minimum Gasteiger partial charge on any atom is -0.497 e. The predicted octanol–water partition coefficient (Wildman–Crippen LogP) is 2.57. The lowest BCUT2D eigenvalue weighted by molar-refractivity contribution is -0.122. The van der Waals surface area contributed by atoms with Gasteiger partial charge < -0.3 is 14.7 Å². The molecule has 2 aliphatic heterocycles. The number of thioether (sulfide) groups is 1. The van der Waals surface area contributed by atoms with E-state index < -0.39 is 0 Å². The summed E-state index contributed by atoms with van der Waals surface area (Å²) in [5.74, 6) is 1.23. The average Bonchev–Trinajstić information content (AvgIpc) is 3.18. The van der Waals surface area contributed by atoms with Crippen molar-refractivity contribution in [3.8, 4) is 11.8 Å². The van der Waals surface area contributed by atoms with Gasteiger partial charge in [-0.05, 0) is 43.2 Å². The number of anilines is 1. The van der Waals surface area contributed by atoms with Crippen LogP contribution in [-0.2, 0) is 17.9 Å². The zero-order chi connectivity index (χ0) is 27.4. The Labute approximate surface area is 231 Å². The zero-order valence-corrected chi connectivity index (χ0v) is 23.4. The lowest BCUT2D eigenvalue weighted by Gasteiger charge is -2.37. The molecule has 0 radical (unpaired) electrons. The second kappa shape index (κ2) is 12.1. The Morgan fingerprint density at radius 1 is 1.18 bits per heavy atom. The summed E-state index contributed by atoms with van der Waals surface area (Å²) >= 11 is 6.79. The number of aliphatic hydroxyl groups is 1. The van der Waals surface area contributed by atoms with E-state index in [-0.39, 0.29) is 23.6 Å². The first kappa shape index (κ1) is 27.9. The molecule has 1 aromatic heterocycles. The number of pyridine rings is 1. The summed E-state index contributed by atoms with van der Waals surface area (Å²) in [7, 11) is 1.60. The highest BCUT2D eigenvalue weighted by Gasteiger charge is 2.33. The Hall–Kier alpha value is -3.17. The van der Waals surface area contributed by atoms with Gasteiger partial charge in [-0.1, -0.05) is 36.1 Å². The Morgan fingerprint density at radius 3 is 2.45 bits per heavy atom. The second-order valence-corrected chi connectivity index (χ2v) is 10.7. The molecule has 38 heavy (non-hydrogen) atoms. The van der Waals surface area contributed by atoms with Gasteiger partial charge in [-0.3, -0.25) is 24.0 Å². The van der Waals surface area contributed by atoms with Gasteiger partial charge in [-0.15, -0.1) is 0 Å². The standard InChI is InChI=1S/C27H31N5O4S2/c1-4-31-24(30-11-9-29(10-12-30)13-14-33)21(18(2)22(16-28)25(31)34)15-23-26(35)32(27(37)38-23)17-19-5-7-20(36-3)8-6-19/h5-8,15,33H,4,9-14,17H2,1-3H3/b23-15-. The van der Waals surface area contributed by atoms with E-state index in [1.165, 1.54) is 11.8 Å². The van der Waals surface area contributed by atoms with Crippen molar-refractivity contribution >= 4 is 46.1 Å². The summed E-state index contributed by atoms with van der Waals surface area (Å²) in [6.07, 6.45) is 1.78. The lowest BCUT2D eigenvalue weighted by atomic mass is 10.0. The van der Waals surface area contributed by atoms with Gasteiger partial charge in [0, 0.05) is 44.8 Å². The Bertz CT molecular complexity index is 1360. The van der Waals surface area contributed by atoms with E-state index in [1.807, 2.05) is 31.2 Å². The number of β-amino-alcohol motifs (C(OH)–C–C–N with tert-alkyl or cyclic N) is 1. The molecule has 9 nitrogen and oxygen atoms in total. The number of hydrogen-bond donors (Lipinski definition) is 1. The molecule has 2 aromatic rings. The van der Waals surface area contributed by atoms with Crippen molar-refractivity contribution in [3.63, 3.8) is 0 Å². The predicted molar refractivity (Wildman–Crippen MR) is 153 cm³/mol. The molecular formula is C27H31N5O4S2. The molecule has 4 rings (SSSR count). The van der Waals surface area contributed by atoms with Crippen LogP contribution in [0.5, 0.6) is 5.75 Å². The number of aliphatic hydroxyl groups excluding tert-OH is 1. The summed E-state index contributed by atoms with van der Waals surface area (Å²) in [5, 5.41) is 19.1. The third-order valence-electron chi connectivity index (χ3n) is 6.90. The number of ether oxygens (including phenoxy) is 1. The van der Waals surface area contributed by atoms with Crippen molar-refractivity contribution in [1.82, 2.24) is 14.4 Å². The molecule has 0 aliphatic carbocycles. The molecule has 11 heteroatoms. The normalized spacial score (nSPS) is 17.4. The van der Waals surface area contributed by atoms with Crippen LogP contribution in [0.25, 0.3) is 6.08 Å². The van der Waals surface area contributed by atoms with E-state index in [0.29, 0.717) is 58.9 Å². The number of thiocarbonyl (C=S) groups is 1. The molecule has 0 unspecified atom stereocenters. The van der Waals surface area contributed by atoms with Crippen molar-refractivity contribution in [2.75, 3.05) is 51.3 Å². The number of carbonyl (C=O) groups is 1. The molecule has 1 N–H and O–H groups in total. The maximum atomic E-state index is 13.5. The second-order valence-electron chi connectivity index (χ2n) is 9.07. The third kappa shape index (κ3) is 5.49. The number of nitrogens with zero attached hydrogens (tertiary/aromatic N) is 5. The van der Waals surface area contributed by atoms with Crippen LogP contribution in [0.2, 0.25) is 0 Å². The van der Waals surface area contributed by atoms with E-state index in [0.717, 1.165) is 24.4 Å². The third-order valence-corrected chi connectivity index (χ3v) is 8.28. The van der Waals surface area contributed by atoms with Gasteiger partial charge in [0.05, 0.1) is 25.2 Å². The molecule has 0 atom stereocenters. The summed E-state index contributed by atoms with van der Waals surface area (Å²) in [5.41, 5.74) is 1.91. The minimum absolute atomic E-state index is 0.0782. The summed E-state index contributed by atoms with van der Waals surface area (Å²) in [6.45, 7) is 7.85. The molecule has 3 heterocycles. The number of hydrogen-bond acceptors (Lipinski definition) is 9. The van der Waals surface area contributed by atoms with Crippen LogP contribution in [0.3, 0.4) is 0 Å². The van der Waals surface area contributed by atoms with Crippen molar-refractivity contribution in [3.05, 3.63) is 61.8 Å². The molecule has 2 saturated heterocycles. The van der Waals surface area contributed by atoms with Crippen LogP contribution in [0.1, 0.15) is 29.2 Å². The molecule has 1 amide bonds. The first-order valence-electron chi connectivity index (χ1n) is 12.5. The highest BCUT2D eigenvalue weighted by Crippen LogP contribution is 2.37. The molecule has 0 bridgehead atoms. The zero-order valence-electron chi connectivity index (χ0n) is 21.8. The Morgan fingerprint density at radius 2 is 1.87 bits per heavy atom. The van der Waals surface area contributed by atoms with Crippen LogP contribution >= 0.6 is 24.0 Å². The van der Waals surface area contributed by atoms with Crippen LogP contribution < -0.4 is 15.2 Å². The smallest absolute Gasteiger partial charge is 0.270 e. The largest absolute Gasteiger partial charge is 0.497 e. The number of rotatable bonds is 8. The molecule has 2 fully saturated rings. The van der Waals surface area contributed by atoms with E-state index in [2.05, 4.69) is 15.9 Å². The van der Waals surface area contributed by atoms with Crippen molar-refractivity contribution in [2.45, 2.75) is 26.9 Å². The fourth-order valence-electron chi connectivity index (χ4n) is 4.78. The first-order chi connectivity index (χ1) is 18.3. The van der Waals surface area contributed by atoms with Gasteiger partial charge >= 0.3 is 0 Å². The molecule has 2 aliphatic rings. The van der Waals surface area contributed by atoms with Crippen molar-refractivity contribution in [2.24, 2.45) is 0 Å². The maximum absolute atomic E-state index is 13.5. The molecule has 0 spiro atoms. The number of methoxy groups -OCH3 is 1. The fraction of sp³-hybridized carbons (Fsp3) is 0.407. The number of amides is 1. The first-order valence-corrected chi connectivity index (χ1v) is 13.7. The fourth-order valence-corrected chi connectivity index (χ4v) is 6.02. The maximum Gasteiger partial charge on any atom is 0.270 e. The molecular weight excluding hydrogens is 522 g/mol. The van der Waals surface area contributed by atoms with Crippen LogP contribution in [0.15, 0.2) is 34.0 Å². The quantitative estimate of drug-likeness (QED) is 0.390. The Kier molecular flexibility index (Phi) is 8.89. The van der Waals surface area contributed by atoms with Gasteiger partial charge in [0.2, 0.25) is 0 Å². The van der Waals surface area contributed by atoms with Gasteiger partial charge in [-0.2, -0.15) is 5.26 Å². The van der Waals surface area contributed by atoms with Gasteiger partial charge in [0.15, 0.2) is 0 Å². The number of piperazine rings is 1. The van der Waals surface area contributed by atoms with Crippen molar-refractivity contribution in [1.29, 1.82) is 5.26 Å². The molecule has 0 saturated carbocycles. The number of benzene rings is 1. The van der Waals surface area contributed by atoms with Gasteiger partial charge in [0.25, 0.3) is 11.5 Å². The summed E-state index contributed by atoms with van der Waals surface area (Å²) in [6, 6.07) is 9.56. The number of aromatic nitrogens is 1. The van der Waals surface area contributed by atoms with Crippen LogP contribution in [0, 0.1) is 18.3 Å². The van der Waals surface area contributed by atoms with Gasteiger partial charge in [0.1, 0.15) is 27.5 Å². The van der Waals surface area contributed by atoms with E-state index in [4.69, 9.17) is 17.0 Å². The van der Waals surface area contributed by atoms with Crippen LogP contribution in [-0.4, -0.2) is 76.1 Å². The van der Waals surface area contributed by atoms with Crippen LogP contribution in [0.4, 0.5) is 5.82 Å². The van der Waals surface area contributed by atoms with E-state index in [9.17, 15) is 20.0 Å². The highest BCUT2D eigenvalue weighted by atomic mass is 32.2. The topological polar surface area (TPSA) is 102 Å². The summed E-state index contributed by atoms with van der Waals surface area (Å²) < 4.78 is 7.30. The minimum atomic E-state index is -0.329. The monoisotopic (exact) mass is 553 g/mol. The lowest BCUT2D eigenvalue weighted by Crippen LogP contribution is -2.49.